The molecule has 3 aromatic carbocycles. The molecule has 4 heteroatoms. The second kappa shape index (κ2) is 10.4. The molecule has 1 N–H and O–H groups in total. The number of aliphatic hydroxyl groups excluding tert-OH is 1. The fourth-order valence-electron chi connectivity index (χ4n) is 3.57. The molecule has 0 aliphatic carbocycles. The van der Waals surface area contributed by atoms with Crippen molar-refractivity contribution in [2.75, 3.05) is 13.7 Å². The SMILES string of the molecule is CCOC(=O)c1ccc(C#CC(O)c2cc(-c3ccccc3)cc(C(C)(C)C)c2OC)cc1. The highest BCUT2D eigenvalue weighted by Crippen LogP contribution is 2.40. The van der Waals surface area contributed by atoms with Gasteiger partial charge in [-0.2, -0.15) is 0 Å². The summed E-state index contributed by atoms with van der Waals surface area (Å²) in [7, 11) is 1.62. The van der Waals surface area contributed by atoms with E-state index in [9.17, 15) is 9.90 Å². The fraction of sp³-hybridized carbons (Fsp3) is 0.276. The summed E-state index contributed by atoms with van der Waals surface area (Å²) in [5.74, 6) is 6.21. The molecular formula is C29H30O4. The number of hydrogen-bond acceptors (Lipinski definition) is 4. The van der Waals surface area contributed by atoms with Crippen molar-refractivity contribution in [1.82, 2.24) is 0 Å². The first-order chi connectivity index (χ1) is 15.7. The normalized spacial score (nSPS) is 11.8. The minimum atomic E-state index is -1.05. The molecule has 0 aromatic heterocycles. The lowest BCUT2D eigenvalue weighted by molar-refractivity contribution is 0.0526. The van der Waals surface area contributed by atoms with Crippen LogP contribution in [0, 0.1) is 11.8 Å². The van der Waals surface area contributed by atoms with Gasteiger partial charge in [0.25, 0.3) is 0 Å². The molecule has 0 radical (unpaired) electrons. The maximum Gasteiger partial charge on any atom is 0.338 e. The van der Waals surface area contributed by atoms with Crippen molar-refractivity contribution in [3.05, 3.63) is 89.0 Å². The molecule has 0 aliphatic heterocycles. The van der Waals surface area contributed by atoms with Gasteiger partial charge in [-0.1, -0.05) is 62.9 Å². The summed E-state index contributed by atoms with van der Waals surface area (Å²) in [5.41, 5.74) is 4.64. The van der Waals surface area contributed by atoms with Gasteiger partial charge in [0.1, 0.15) is 11.9 Å². The van der Waals surface area contributed by atoms with Crippen molar-refractivity contribution >= 4 is 5.97 Å². The summed E-state index contributed by atoms with van der Waals surface area (Å²) < 4.78 is 10.8. The van der Waals surface area contributed by atoms with Gasteiger partial charge >= 0.3 is 5.97 Å². The van der Waals surface area contributed by atoms with Crippen LogP contribution in [-0.2, 0) is 10.2 Å². The average Bonchev–Trinajstić information content (AvgIpc) is 2.82. The summed E-state index contributed by atoms with van der Waals surface area (Å²) in [6, 6.07) is 20.9. The Morgan fingerprint density at radius 2 is 1.67 bits per heavy atom. The van der Waals surface area contributed by atoms with E-state index in [0.29, 0.717) is 29.0 Å². The molecule has 3 rings (SSSR count). The molecule has 0 amide bonds. The molecule has 170 valence electrons. The first-order valence-electron chi connectivity index (χ1n) is 11.0. The van der Waals surface area contributed by atoms with Crippen LogP contribution in [0.5, 0.6) is 5.75 Å². The van der Waals surface area contributed by atoms with Crippen LogP contribution in [-0.4, -0.2) is 24.8 Å². The smallest absolute Gasteiger partial charge is 0.338 e. The highest BCUT2D eigenvalue weighted by molar-refractivity contribution is 5.89. The fourth-order valence-corrected chi connectivity index (χ4v) is 3.57. The third-order valence-electron chi connectivity index (χ3n) is 5.28. The molecule has 0 spiro atoms. The van der Waals surface area contributed by atoms with Gasteiger partial charge in [0.15, 0.2) is 0 Å². The predicted molar refractivity (Wildman–Crippen MR) is 131 cm³/mol. The van der Waals surface area contributed by atoms with Gasteiger partial charge in [-0.25, -0.2) is 4.79 Å². The molecule has 0 bridgehead atoms. The van der Waals surface area contributed by atoms with Crippen LogP contribution < -0.4 is 4.74 Å². The lowest BCUT2D eigenvalue weighted by Gasteiger charge is -2.26. The van der Waals surface area contributed by atoms with E-state index in [2.05, 4.69) is 38.7 Å². The number of ether oxygens (including phenoxy) is 2. The molecule has 0 aliphatic rings. The van der Waals surface area contributed by atoms with Crippen LogP contribution in [0.25, 0.3) is 11.1 Å². The van der Waals surface area contributed by atoms with E-state index in [0.717, 1.165) is 16.7 Å². The maximum atomic E-state index is 11.8. The first kappa shape index (κ1) is 24.1. The van der Waals surface area contributed by atoms with Gasteiger partial charge in [0.2, 0.25) is 0 Å². The summed E-state index contributed by atoms with van der Waals surface area (Å²) in [4.78, 5) is 11.8. The Balaban J connectivity index is 2.00. The van der Waals surface area contributed by atoms with Crippen LogP contribution in [0.4, 0.5) is 0 Å². The molecule has 33 heavy (non-hydrogen) atoms. The van der Waals surface area contributed by atoms with Crippen molar-refractivity contribution in [1.29, 1.82) is 0 Å². The molecule has 1 atom stereocenters. The number of benzene rings is 3. The zero-order valence-electron chi connectivity index (χ0n) is 19.8. The van der Waals surface area contributed by atoms with Crippen LogP contribution >= 0.6 is 0 Å². The average molecular weight is 443 g/mol. The van der Waals surface area contributed by atoms with E-state index in [1.54, 1.807) is 38.3 Å². The van der Waals surface area contributed by atoms with Crippen molar-refractivity contribution in [2.24, 2.45) is 0 Å². The predicted octanol–water partition coefficient (Wildman–Crippen LogP) is 5.92. The molecular weight excluding hydrogens is 412 g/mol. The summed E-state index contributed by atoms with van der Waals surface area (Å²) in [6.07, 6.45) is -1.05. The van der Waals surface area contributed by atoms with Gasteiger partial charge in [-0.3, -0.25) is 0 Å². The van der Waals surface area contributed by atoms with E-state index in [4.69, 9.17) is 9.47 Å². The molecule has 1 unspecified atom stereocenters. The number of aliphatic hydroxyl groups is 1. The quantitative estimate of drug-likeness (QED) is 0.394. The van der Waals surface area contributed by atoms with Crippen molar-refractivity contribution in [3.8, 4) is 28.7 Å². The molecule has 3 aromatic rings. The largest absolute Gasteiger partial charge is 0.496 e. The van der Waals surface area contributed by atoms with Crippen molar-refractivity contribution < 1.29 is 19.4 Å². The van der Waals surface area contributed by atoms with Gasteiger partial charge in [-0.15, -0.1) is 0 Å². The van der Waals surface area contributed by atoms with E-state index in [-0.39, 0.29) is 11.4 Å². The lowest BCUT2D eigenvalue weighted by Crippen LogP contribution is -2.15. The monoisotopic (exact) mass is 442 g/mol. The van der Waals surface area contributed by atoms with Gasteiger partial charge in [-0.05, 0) is 59.9 Å². The standard InChI is InChI=1S/C29H30O4/c1-6-33-28(31)22-15-12-20(13-16-22)14-17-26(30)24-18-23(21-10-8-7-9-11-21)19-25(27(24)32-5)29(2,3)4/h7-13,15-16,18-19,26,30H,6H2,1-5H3. The van der Waals surface area contributed by atoms with Crippen LogP contribution in [0.15, 0.2) is 66.7 Å². The van der Waals surface area contributed by atoms with Gasteiger partial charge < -0.3 is 14.6 Å². The van der Waals surface area contributed by atoms with Gasteiger partial charge in [0.05, 0.1) is 19.3 Å². The summed E-state index contributed by atoms with van der Waals surface area (Å²) in [6.45, 7) is 8.45. The van der Waals surface area contributed by atoms with E-state index in [1.807, 2.05) is 36.4 Å². The Morgan fingerprint density at radius 1 is 1.00 bits per heavy atom. The minimum absolute atomic E-state index is 0.193. The summed E-state index contributed by atoms with van der Waals surface area (Å²) >= 11 is 0. The molecule has 0 fully saturated rings. The highest BCUT2D eigenvalue weighted by atomic mass is 16.5. The Morgan fingerprint density at radius 3 is 2.24 bits per heavy atom. The van der Waals surface area contributed by atoms with Crippen LogP contribution in [0.3, 0.4) is 0 Å². The minimum Gasteiger partial charge on any atom is -0.496 e. The number of carbonyl (C=O) groups is 1. The van der Waals surface area contributed by atoms with E-state index >= 15 is 0 Å². The second-order valence-corrected chi connectivity index (χ2v) is 8.73. The number of methoxy groups -OCH3 is 1. The number of esters is 1. The Kier molecular flexibility index (Phi) is 7.58. The third-order valence-corrected chi connectivity index (χ3v) is 5.28. The topological polar surface area (TPSA) is 55.8 Å². The number of carbonyl (C=O) groups excluding carboxylic acids is 1. The first-order valence-corrected chi connectivity index (χ1v) is 11.0. The second-order valence-electron chi connectivity index (χ2n) is 8.73. The lowest BCUT2D eigenvalue weighted by atomic mass is 9.82. The van der Waals surface area contributed by atoms with Crippen LogP contribution in [0.1, 0.15) is 60.8 Å². The van der Waals surface area contributed by atoms with Crippen molar-refractivity contribution in [2.45, 2.75) is 39.2 Å². The molecule has 0 heterocycles. The molecule has 4 nitrogen and oxygen atoms in total. The Hall–Kier alpha value is -3.55. The Bertz CT molecular complexity index is 1160. The highest BCUT2D eigenvalue weighted by Gasteiger charge is 2.25. The molecule has 0 saturated heterocycles. The number of rotatable bonds is 5. The van der Waals surface area contributed by atoms with Crippen LogP contribution in [0.2, 0.25) is 0 Å². The van der Waals surface area contributed by atoms with Gasteiger partial charge in [0, 0.05) is 16.7 Å². The summed E-state index contributed by atoms with van der Waals surface area (Å²) in [5, 5.41) is 11.0. The zero-order chi connectivity index (χ0) is 24.0. The number of hydrogen-bond donors (Lipinski definition) is 1. The zero-order valence-corrected chi connectivity index (χ0v) is 19.8. The Labute approximate surface area is 196 Å². The third kappa shape index (κ3) is 5.83. The molecule has 0 saturated carbocycles. The van der Waals surface area contributed by atoms with Crippen molar-refractivity contribution in [3.63, 3.8) is 0 Å². The maximum absolute atomic E-state index is 11.8. The van der Waals surface area contributed by atoms with E-state index in [1.165, 1.54) is 0 Å². The van der Waals surface area contributed by atoms with E-state index < -0.39 is 6.10 Å².